The molecule has 9 nitrogen and oxygen atoms in total. The molecule has 0 unspecified atom stereocenters. The van der Waals surface area contributed by atoms with Gasteiger partial charge in [-0.15, -0.1) is 0 Å². The Labute approximate surface area is 162 Å². The van der Waals surface area contributed by atoms with Gasteiger partial charge in [0.15, 0.2) is 5.65 Å². The first-order chi connectivity index (χ1) is 13.6. The molecule has 144 valence electrons. The van der Waals surface area contributed by atoms with Gasteiger partial charge in [0.1, 0.15) is 17.3 Å². The van der Waals surface area contributed by atoms with Crippen LogP contribution in [0.3, 0.4) is 0 Å². The first-order valence-corrected chi connectivity index (χ1v) is 9.36. The summed E-state index contributed by atoms with van der Waals surface area (Å²) in [4.78, 5) is 12.1. The van der Waals surface area contributed by atoms with Crippen molar-refractivity contribution in [3.63, 3.8) is 0 Å². The summed E-state index contributed by atoms with van der Waals surface area (Å²) in [6.45, 7) is 6.41. The molecule has 0 bridgehead atoms. The van der Waals surface area contributed by atoms with E-state index in [9.17, 15) is 0 Å². The standard InChI is InChI=1S/C19H22N8O/c1-12-11-28-9-8-26(12)17-10-15(16-5-7-21-25(16)3)23-19-18(14-4-6-20-24-14)22-13(2)27(17)19/h4-7,10,12H,8-9,11H2,1-3H3,(H,20,24)/t12-/m1/s1. The van der Waals surface area contributed by atoms with Gasteiger partial charge in [-0.2, -0.15) is 10.2 Å². The predicted molar refractivity (Wildman–Crippen MR) is 105 cm³/mol. The maximum Gasteiger partial charge on any atom is 0.168 e. The Bertz CT molecular complexity index is 1130. The number of aromatic amines is 1. The van der Waals surface area contributed by atoms with E-state index in [2.05, 4.69) is 37.6 Å². The van der Waals surface area contributed by atoms with E-state index < -0.39 is 0 Å². The maximum absolute atomic E-state index is 5.65. The molecule has 9 heteroatoms. The van der Waals surface area contributed by atoms with Gasteiger partial charge in [-0.3, -0.25) is 14.2 Å². The third kappa shape index (κ3) is 2.58. The number of hydrogen-bond acceptors (Lipinski definition) is 6. The van der Waals surface area contributed by atoms with Crippen LogP contribution in [0.4, 0.5) is 5.82 Å². The fourth-order valence-corrected chi connectivity index (χ4v) is 3.84. The van der Waals surface area contributed by atoms with Crippen molar-refractivity contribution in [2.75, 3.05) is 24.7 Å². The zero-order chi connectivity index (χ0) is 19.3. The van der Waals surface area contributed by atoms with Crippen LogP contribution in [-0.2, 0) is 11.8 Å². The van der Waals surface area contributed by atoms with Gasteiger partial charge in [-0.05, 0) is 26.0 Å². The number of nitrogens with zero attached hydrogens (tertiary/aromatic N) is 7. The van der Waals surface area contributed by atoms with E-state index in [4.69, 9.17) is 14.7 Å². The lowest BCUT2D eigenvalue weighted by atomic mass is 10.2. The molecule has 0 aromatic carbocycles. The molecule has 4 aromatic rings. The summed E-state index contributed by atoms with van der Waals surface area (Å²) < 4.78 is 9.61. The number of fused-ring (bicyclic) bond motifs is 1. The highest BCUT2D eigenvalue weighted by molar-refractivity contribution is 5.77. The lowest BCUT2D eigenvalue weighted by molar-refractivity contribution is 0.0984. The van der Waals surface area contributed by atoms with E-state index in [0.29, 0.717) is 13.2 Å². The molecular weight excluding hydrogens is 356 g/mol. The fourth-order valence-electron chi connectivity index (χ4n) is 3.84. The minimum atomic E-state index is 0.260. The Hall–Kier alpha value is -3.20. The molecule has 0 spiro atoms. The Balaban J connectivity index is 1.80. The van der Waals surface area contributed by atoms with Crippen LogP contribution in [0.15, 0.2) is 30.6 Å². The number of imidazole rings is 1. The van der Waals surface area contributed by atoms with Crippen molar-refractivity contribution in [2.45, 2.75) is 19.9 Å². The summed E-state index contributed by atoms with van der Waals surface area (Å²) in [5.74, 6) is 1.95. The second-order valence-electron chi connectivity index (χ2n) is 7.09. The van der Waals surface area contributed by atoms with Crippen molar-refractivity contribution >= 4 is 11.5 Å². The lowest BCUT2D eigenvalue weighted by Gasteiger charge is -2.35. The SMILES string of the molecule is Cc1nc(-c2ccn[nH]2)c2nc(-c3ccnn3C)cc(N3CCOC[C@H]3C)n12. The van der Waals surface area contributed by atoms with E-state index >= 15 is 0 Å². The van der Waals surface area contributed by atoms with Crippen LogP contribution in [0.5, 0.6) is 0 Å². The molecule has 0 aliphatic carbocycles. The second-order valence-corrected chi connectivity index (χ2v) is 7.09. The summed E-state index contributed by atoms with van der Waals surface area (Å²) in [6.07, 6.45) is 3.52. The first kappa shape index (κ1) is 16.9. The molecule has 0 amide bonds. The van der Waals surface area contributed by atoms with Gasteiger partial charge >= 0.3 is 0 Å². The zero-order valence-electron chi connectivity index (χ0n) is 16.1. The van der Waals surface area contributed by atoms with Crippen LogP contribution >= 0.6 is 0 Å². The normalized spacial score (nSPS) is 17.5. The second kappa shape index (κ2) is 6.45. The van der Waals surface area contributed by atoms with Crippen LogP contribution in [0.1, 0.15) is 12.7 Å². The molecule has 28 heavy (non-hydrogen) atoms. The van der Waals surface area contributed by atoms with Gasteiger partial charge in [-0.1, -0.05) is 0 Å². The lowest BCUT2D eigenvalue weighted by Crippen LogP contribution is -2.44. The quantitative estimate of drug-likeness (QED) is 0.587. The van der Waals surface area contributed by atoms with Gasteiger partial charge in [0, 0.05) is 32.1 Å². The Morgan fingerprint density at radius 3 is 2.82 bits per heavy atom. The van der Waals surface area contributed by atoms with Crippen LogP contribution in [0, 0.1) is 6.92 Å². The van der Waals surface area contributed by atoms with Crippen LogP contribution in [0.25, 0.3) is 28.4 Å². The van der Waals surface area contributed by atoms with Gasteiger partial charge in [0.2, 0.25) is 0 Å². The van der Waals surface area contributed by atoms with Crippen LogP contribution < -0.4 is 4.90 Å². The van der Waals surface area contributed by atoms with Crippen molar-refractivity contribution in [3.05, 3.63) is 36.4 Å². The van der Waals surface area contributed by atoms with Gasteiger partial charge in [0.25, 0.3) is 0 Å². The summed E-state index contributed by atoms with van der Waals surface area (Å²) in [7, 11) is 1.93. The number of anilines is 1. The molecule has 1 fully saturated rings. The summed E-state index contributed by atoms with van der Waals surface area (Å²) >= 11 is 0. The number of rotatable bonds is 3. The fraction of sp³-hybridized carbons (Fsp3) is 0.368. The number of hydrogen-bond donors (Lipinski definition) is 1. The minimum Gasteiger partial charge on any atom is -0.377 e. The molecule has 0 saturated carbocycles. The zero-order valence-corrected chi connectivity index (χ0v) is 16.1. The Kier molecular flexibility index (Phi) is 3.90. The maximum atomic E-state index is 5.65. The molecule has 4 aromatic heterocycles. The van der Waals surface area contributed by atoms with Crippen molar-refractivity contribution in [3.8, 4) is 22.8 Å². The number of nitrogens with one attached hydrogen (secondary N) is 1. The monoisotopic (exact) mass is 378 g/mol. The topological polar surface area (TPSA) is 89.2 Å². The molecule has 5 rings (SSSR count). The third-order valence-corrected chi connectivity index (χ3v) is 5.24. The van der Waals surface area contributed by atoms with Crippen molar-refractivity contribution < 1.29 is 4.74 Å². The largest absolute Gasteiger partial charge is 0.377 e. The van der Waals surface area contributed by atoms with Crippen LogP contribution in [0.2, 0.25) is 0 Å². The van der Waals surface area contributed by atoms with E-state index in [-0.39, 0.29) is 6.04 Å². The smallest absolute Gasteiger partial charge is 0.168 e. The first-order valence-electron chi connectivity index (χ1n) is 9.36. The highest BCUT2D eigenvalue weighted by atomic mass is 16.5. The average molecular weight is 378 g/mol. The number of ether oxygens (including phenoxy) is 1. The number of aryl methyl sites for hydroxylation is 2. The summed E-state index contributed by atoms with van der Waals surface area (Å²) in [6, 6.07) is 6.27. The van der Waals surface area contributed by atoms with Crippen molar-refractivity contribution in [1.82, 2.24) is 34.3 Å². The number of morpholine rings is 1. The van der Waals surface area contributed by atoms with E-state index in [1.165, 1.54) is 0 Å². The molecule has 5 heterocycles. The minimum absolute atomic E-state index is 0.260. The van der Waals surface area contributed by atoms with Gasteiger partial charge < -0.3 is 9.64 Å². The van der Waals surface area contributed by atoms with E-state index in [1.54, 1.807) is 12.4 Å². The van der Waals surface area contributed by atoms with E-state index in [1.807, 2.05) is 30.8 Å². The number of H-pyrrole nitrogens is 1. The van der Waals surface area contributed by atoms with Gasteiger partial charge in [0.05, 0.1) is 36.3 Å². The van der Waals surface area contributed by atoms with Crippen LogP contribution in [-0.4, -0.2) is 60.1 Å². The predicted octanol–water partition coefficient (Wildman–Crippen LogP) is 2.05. The van der Waals surface area contributed by atoms with E-state index in [0.717, 1.165) is 46.6 Å². The molecule has 1 aliphatic heterocycles. The summed E-state index contributed by atoms with van der Waals surface area (Å²) in [5, 5.41) is 11.4. The molecule has 0 radical (unpaired) electrons. The highest BCUT2D eigenvalue weighted by Crippen LogP contribution is 2.31. The Morgan fingerprint density at radius 1 is 1.21 bits per heavy atom. The third-order valence-electron chi connectivity index (χ3n) is 5.24. The Morgan fingerprint density at radius 2 is 2.11 bits per heavy atom. The van der Waals surface area contributed by atoms with Crippen molar-refractivity contribution in [1.29, 1.82) is 0 Å². The molecule has 1 atom stereocenters. The van der Waals surface area contributed by atoms with Crippen molar-refractivity contribution in [2.24, 2.45) is 7.05 Å². The molecule has 1 saturated heterocycles. The number of aromatic nitrogens is 7. The molecule has 1 N–H and O–H groups in total. The highest BCUT2D eigenvalue weighted by Gasteiger charge is 2.25. The van der Waals surface area contributed by atoms with Gasteiger partial charge in [-0.25, -0.2) is 9.97 Å². The molecule has 1 aliphatic rings. The molecular formula is C19H22N8O. The summed E-state index contributed by atoms with van der Waals surface area (Å²) in [5.41, 5.74) is 4.26. The average Bonchev–Trinajstić information content (AvgIpc) is 3.42.